The van der Waals surface area contributed by atoms with E-state index in [-0.39, 0.29) is 0 Å². The molecule has 5 nitrogen and oxygen atoms in total. The fraction of sp³-hybridized carbons (Fsp3) is 0.0179. The van der Waals surface area contributed by atoms with Crippen molar-refractivity contribution in [1.82, 2.24) is 15.0 Å². The van der Waals surface area contributed by atoms with Gasteiger partial charge in [-0.05, 0) is 104 Å². The van der Waals surface area contributed by atoms with Crippen molar-refractivity contribution in [3.63, 3.8) is 0 Å². The van der Waals surface area contributed by atoms with Crippen LogP contribution in [0.2, 0.25) is 0 Å². The number of hydrogen-bond acceptors (Lipinski definition) is 5. The Kier molecular flexibility index (Phi) is 7.84. The van der Waals surface area contributed by atoms with Gasteiger partial charge in [0.1, 0.15) is 22.3 Å². The van der Waals surface area contributed by atoms with E-state index in [1.807, 2.05) is 73.7 Å². The Hall–Kier alpha value is -8.15. The zero-order valence-electron chi connectivity index (χ0n) is 33.2. The molecular weight excluding hydrogens is 747 g/mol. The minimum absolute atomic E-state index is 0.572. The summed E-state index contributed by atoms with van der Waals surface area (Å²) in [6.07, 6.45) is 4.04. The zero-order valence-corrected chi connectivity index (χ0v) is 33.2. The predicted octanol–water partition coefficient (Wildman–Crippen LogP) is 15.4. The number of hydrogen-bond donors (Lipinski definition) is 0. The van der Waals surface area contributed by atoms with Crippen LogP contribution >= 0.6 is 0 Å². The molecular formula is C56H35N3O2. The van der Waals surface area contributed by atoms with Crippen molar-refractivity contribution in [1.29, 1.82) is 0 Å². The van der Waals surface area contributed by atoms with E-state index in [1.165, 1.54) is 26.9 Å². The van der Waals surface area contributed by atoms with E-state index in [1.54, 1.807) is 0 Å². The second-order valence-corrected chi connectivity index (χ2v) is 15.5. The number of rotatable bonds is 6. The maximum Gasteiger partial charge on any atom is 0.164 e. The molecule has 5 heteroatoms. The monoisotopic (exact) mass is 781 g/mol. The van der Waals surface area contributed by atoms with Crippen LogP contribution in [0.1, 0.15) is 12.5 Å². The number of aromatic nitrogens is 3. The molecule has 0 saturated heterocycles. The van der Waals surface area contributed by atoms with Gasteiger partial charge in [-0.2, -0.15) is 0 Å². The molecule has 3 aromatic heterocycles. The van der Waals surface area contributed by atoms with Crippen molar-refractivity contribution in [2.45, 2.75) is 6.92 Å². The van der Waals surface area contributed by atoms with Crippen LogP contribution in [0, 0.1) is 0 Å². The van der Waals surface area contributed by atoms with E-state index < -0.39 is 0 Å². The Morgan fingerprint density at radius 3 is 1.62 bits per heavy atom. The second kappa shape index (κ2) is 13.7. The van der Waals surface area contributed by atoms with Crippen LogP contribution in [0.15, 0.2) is 197 Å². The average molecular weight is 782 g/mol. The zero-order chi connectivity index (χ0) is 40.6. The SMILES string of the molecule is C=C(/C=C\C)c1ccc2oc3cccc(-c4ccc5oc6cccc(-c7nc(-c8ccccc8)nc(-c8ccc9c%10ccccc%10c%10ccccc%10c9c8)n7)c6c5c4)c3c2c1. The largest absolute Gasteiger partial charge is 0.456 e. The van der Waals surface area contributed by atoms with Crippen molar-refractivity contribution < 1.29 is 8.83 Å². The van der Waals surface area contributed by atoms with Gasteiger partial charge < -0.3 is 8.83 Å². The van der Waals surface area contributed by atoms with Gasteiger partial charge in [-0.3, -0.25) is 0 Å². The molecule has 0 saturated carbocycles. The lowest BCUT2D eigenvalue weighted by molar-refractivity contribution is 0.669. The van der Waals surface area contributed by atoms with Crippen molar-refractivity contribution in [2.75, 3.05) is 0 Å². The molecule has 12 aromatic rings. The Labute approximate surface area is 350 Å². The lowest BCUT2D eigenvalue weighted by atomic mass is 9.93. The highest BCUT2D eigenvalue weighted by atomic mass is 16.3. The first kappa shape index (κ1) is 34.9. The summed E-state index contributed by atoms with van der Waals surface area (Å²) in [6, 6.07) is 59.0. The molecule has 9 aromatic carbocycles. The van der Waals surface area contributed by atoms with E-state index in [0.717, 1.165) is 88.2 Å². The third-order valence-corrected chi connectivity index (χ3v) is 12.0. The van der Waals surface area contributed by atoms with Crippen LogP contribution in [0.5, 0.6) is 0 Å². The van der Waals surface area contributed by atoms with E-state index in [9.17, 15) is 0 Å². The molecule has 0 amide bonds. The summed E-state index contributed by atoms with van der Waals surface area (Å²) < 4.78 is 13.0. The van der Waals surface area contributed by atoms with Crippen molar-refractivity contribution >= 4 is 81.8 Å². The molecule has 12 rings (SSSR count). The van der Waals surface area contributed by atoms with Gasteiger partial charge in [0.2, 0.25) is 0 Å². The lowest BCUT2D eigenvalue weighted by Gasteiger charge is -2.13. The summed E-state index contributed by atoms with van der Waals surface area (Å²) >= 11 is 0. The molecule has 0 unspecified atom stereocenters. The summed E-state index contributed by atoms with van der Waals surface area (Å²) in [4.78, 5) is 15.6. The van der Waals surface area contributed by atoms with Crippen molar-refractivity contribution in [2.24, 2.45) is 0 Å². The van der Waals surface area contributed by atoms with E-state index >= 15 is 0 Å². The van der Waals surface area contributed by atoms with Gasteiger partial charge in [0.05, 0.1) is 0 Å². The fourth-order valence-corrected chi connectivity index (χ4v) is 9.13. The smallest absolute Gasteiger partial charge is 0.164 e. The topological polar surface area (TPSA) is 65.0 Å². The Balaban J connectivity index is 1.07. The van der Waals surface area contributed by atoms with E-state index in [4.69, 9.17) is 23.8 Å². The standard InChI is InChI=1S/C56H35N3O2/c1-3-13-33(2)35-25-28-48-46(30-35)52-38(20-11-22-50(52)60-48)36-26-29-49-47(31-36)53-44(21-12-23-51(53)61-49)56-58-54(34-14-5-4-6-15-34)57-55(59-56)37-24-27-43-41-18-8-7-16-39(41)40-17-9-10-19-42(40)45(43)32-37/h3-32H,2H2,1H3/b13-3-. The minimum Gasteiger partial charge on any atom is -0.456 e. The third kappa shape index (κ3) is 5.59. The Morgan fingerprint density at radius 1 is 0.410 bits per heavy atom. The summed E-state index contributed by atoms with van der Waals surface area (Å²) in [5.74, 6) is 1.77. The lowest BCUT2D eigenvalue weighted by Crippen LogP contribution is -2.00. The van der Waals surface area contributed by atoms with Gasteiger partial charge >= 0.3 is 0 Å². The molecule has 0 bridgehead atoms. The van der Waals surface area contributed by atoms with Gasteiger partial charge in [-0.1, -0.05) is 146 Å². The molecule has 0 atom stereocenters. The Bertz CT molecular complexity index is 3760. The molecule has 3 heterocycles. The second-order valence-electron chi connectivity index (χ2n) is 15.5. The summed E-state index contributed by atoms with van der Waals surface area (Å²) in [6.45, 7) is 6.30. The van der Waals surface area contributed by atoms with Gasteiger partial charge in [-0.25, -0.2) is 15.0 Å². The first-order valence-corrected chi connectivity index (χ1v) is 20.5. The average Bonchev–Trinajstić information content (AvgIpc) is 3.89. The van der Waals surface area contributed by atoms with Crippen LogP contribution < -0.4 is 0 Å². The molecule has 0 aliphatic carbocycles. The molecule has 0 N–H and O–H groups in total. The summed E-state index contributed by atoms with van der Waals surface area (Å²) in [5, 5.41) is 11.3. The highest BCUT2D eigenvalue weighted by Gasteiger charge is 2.20. The van der Waals surface area contributed by atoms with Crippen LogP contribution in [0.25, 0.3) is 127 Å². The van der Waals surface area contributed by atoms with E-state index in [2.05, 4.69) is 122 Å². The van der Waals surface area contributed by atoms with E-state index in [0.29, 0.717) is 17.5 Å². The maximum atomic E-state index is 6.56. The van der Waals surface area contributed by atoms with Crippen molar-refractivity contribution in [3.05, 3.63) is 194 Å². The normalized spacial score (nSPS) is 12.0. The highest BCUT2D eigenvalue weighted by molar-refractivity contribution is 6.26. The minimum atomic E-state index is 0.572. The summed E-state index contributed by atoms with van der Waals surface area (Å²) in [5.41, 5.74) is 10.0. The maximum absolute atomic E-state index is 6.56. The fourth-order valence-electron chi connectivity index (χ4n) is 9.13. The molecule has 0 fully saturated rings. The number of furan rings is 2. The number of benzene rings is 9. The third-order valence-electron chi connectivity index (χ3n) is 12.0. The number of nitrogens with zero attached hydrogens (tertiary/aromatic N) is 3. The molecule has 0 spiro atoms. The van der Waals surface area contributed by atoms with Crippen LogP contribution in [0.4, 0.5) is 0 Å². The van der Waals surface area contributed by atoms with Crippen LogP contribution in [-0.4, -0.2) is 15.0 Å². The first-order chi connectivity index (χ1) is 30.1. The van der Waals surface area contributed by atoms with Crippen LogP contribution in [0.3, 0.4) is 0 Å². The predicted molar refractivity (Wildman–Crippen MR) is 252 cm³/mol. The highest BCUT2D eigenvalue weighted by Crippen LogP contribution is 2.43. The summed E-state index contributed by atoms with van der Waals surface area (Å²) in [7, 11) is 0. The number of allylic oxidation sites excluding steroid dienone is 3. The van der Waals surface area contributed by atoms with Gasteiger partial charge in [-0.15, -0.1) is 0 Å². The quantitative estimate of drug-likeness (QED) is 0.124. The molecule has 0 aliphatic rings. The molecule has 61 heavy (non-hydrogen) atoms. The molecule has 286 valence electrons. The van der Waals surface area contributed by atoms with Gasteiger partial charge in [0, 0.05) is 38.2 Å². The van der Waals surface area contributed by atoms with Crippen molar-refractivity contribution in [3.8, 4) is 45.3 Å². The van der Waals surface area contributed by atoms with Gasteiger partial charge in [0.15, 0.2) is 17.5 Å². The molecule has 0 aliphatic heterocycles. The molecule has 0 radical (unpaired) electrons. The van der Waals surface area contributed by atoms with Gasteiger partial charge in [0.25, 0.3) is 0 Å². The first-order valence-electron chi connectivity index (χ1n) is 20.5. The van der Waals surface area contributed by atoms with Crippen LogP contribution in [-0.2, 0) is 0 Å². The Morgan fingerprint density at radius 2 is 0.934 bits per heavy atom. The number of fused-ring (bicyclic) bond motifs is 12.